The number of amides is 1. The molecule has 0 aliphatic carbocycles. The minimum absolute atomic E-state index is 0.0989. The Bertz CT molecular complexity index is 1020. The van der Waals surface area contributed by atoms with Gasteiger partial charge in [-0.05, 0) is 55.7 Å². The zero-order valence-electron chi connectivity index (χ0n) is 20.9. The Morgan fingerprint density at radius 3 is 2.18 bits per heavy atom. The lowest BCUT2D eigenvalue weighted by Crippen LogP contribution is -2.60. The molecule has 1 aromatic rings. The molecule has 3 aliphatic heterocycles. The van der Waals surface area contributed by atoms with Crippen molar-refractivity contribution >= 4 is 17.7 Å². The second kappa shape index (κ2) is 10.5. The maximum atomic E-state index is 13.4. The summed E-state index contributed by atoms with van der Waals surface area (Å²) in [7, 11) is 0. The third-order valence-electron chi connectivity index (χ3n) is 7.93. The van der Waals surface area contributed by atoms with E-state index in [1.165, 1.54) is 11.0 Å². The van der Waals surface area contributed by atoms with E-state index in [9.17, 15) is 41.0 Å². The van der Waals surface area contributed by atoms with Gasteiger partial charge in [0.25, 0.3) is 0 Å². The van der Waals surface area contributed by atoms with Crippen molar-refractivity contribution in [1.82, 2.24) is 9.80 Å². The molecule has 1 spiro atoms. The Hall–Kier alpha value is -2.70. The molecule has 4 rings (SSSR count). The number of aliphatic carboxylic acids is 1. The molecule has 1 amide bonds. The van der Waals surface area contributed by atoms with Crippen LogP contribution in [-0.4, -0.2) is 78.5 Å². The van der Waals surface area contributed by atoms with Gasteiger partial charge in [0.15, 0.2) is 6.10 Å². The van der Waals surface area contributed by atoms with Crippen molar-refractivity contribution in [3.8, 4) is 0 Å². The molecule has 1 aromatic carbocycles. The predicted octanol–water partition coefficient (Wildman–Crippen LogP) is 4.99. The third kappa shape index (κ3) is 6.29. The standard InChI is InChI=1S/C25H31F6N3O4/c1-16(24(26,27)28)38-22(37)34-10-6-23(7-11-34)14-32(15-23)13-18-2-3-19(25(29,30)31)12-20(18)33-8-4-17(5-9-33)21(35)36/h2-3,12,16-17H,4-11,13-15H2,1H3,(H,35,36). The third-order valence-corrected chi connectivity index (χ3v) is 7.93. The number of carbonyl (C=O) groups is 2. The van der Waals surface area contributed by atoms with E-state index in [1.807, 2.05) is 4.90 Å². The zero-order chi connectivity index (χ0) is 27.9. The van der Waals surface area contributed by atoms with E-state index >= 15 is 0 Å². The molecule has 0 aromatic heterocycles. The van der Waals surface area contributed by atoms with Gasteiger partial charge in [-0.2, -0.15) is 26.3 Å². The van der Waals surface area contributed by atoms with Crippen LogP contribution in [0.3, 0.4) is 0 Å². The van der Waals surface area contributed by atoms with Gasteiger partial charge in [0.1, 0.15) is 0 Å². The normalized spacial score (nSPS) is 21.8. The number of likely N-dealkylation sites (tertiary alicyclic amines) is 2. The molecule has 38 heavy (non-hydrogen) atoms. The van der Waals surface area contributed by atoms with Crippen LogP contribution in [0.4, 0.5) is 36.8 Å². The van der Waals surface area contributed by atoms with Gasteiger partial charge in [-0.3, -0.25) is 9.69 Å². The topological polar surface area (TPSA) is 73.3 Å². The van der Waals surface area contributed by atoms with Gasteiger partial charge >= 0.3 is 24.4 Å². The molecule has 1 atom stereocenters. The van der Waals surface area contributed by atoms with Crippen LogP contribution in [-0.2, 0) is 22.3 Å². The highest BCUT2D eigenvalue weighted by molar-refractivity contribution is 5.70. The van der Waals surface area contributed by atoms with Gasteiger partial charge in [0, 0.05) is 51.5 Å². The van der Waals surface area contributed by atoms with Crippen molar-refractivity contribution in [3.63, 3.8) is 0 Å². The number of anilines is 1. The fourth-order valence-corrected chi connectivity index (χ4v) is 5.56. The van der Waals surface area contributed by atoms with Crippen molar-refractivity contribution in [2.45, 2.75) is 57.6 Å². The van der Waals surface area contributed by atoms with Crippen LogP contribution in [0.15, 0.2) is 18.2 Å². The van der Waals surface area contributed by atoms with Gasteiger partial charge in [-0.1, -0.05) is 6.07 Å². The maximum Gasteiger partial charge on any atom is 0.425 e. The first-order valence-corrected chi connectivity index (χ1v) is 12.6. The minimum atomic E-state index is -4.62. The Kier molecular flexibility index (Phi) is 7.79. The van der Waals surface area contributed by atoms with Crippen LogP contribution in [0.1, 0.15) is 43.7 Å². The number of carbonyl (C=O) groups excluding carboxylic acids is 1. The van der Waals surface area contributed by atoms with Crippen LogP contribution in [0.25, 0.3) is 0 Å². The average molecular weight is 552 g/mol. The van der Waals surface area contributed by atoms with Crippen molar-refractivity contribution < 1.29 is 45.8 Å². The first-order chi connectivity index (χ1) is 17.7. The molecule has 13 heteroatoms. The van der Waals surface area contributed by atoms with E-state index in [2.05, 4.69) is 9.64 Å². The van der Waals surface area contributed by atoms with Gasteiger partial charge < -0.3 is 19.6 Å². The molecule has 212 valence electrons. The SMILES string of the molecule is CC(OC(=O)N1CCC2(CC1)CN(Cc1ccc(C(F)(F)F)cc1N1CCC(C(=O)O)CC1)C2)C(F)(F)F. The second-order valence-corrected chi connectivity index (χ2v) is 10.6. The molecule has 3 fully saturated rings. The zero-order valence-corrected chi connectivity index (χ0v) is 20.9. The summed E-state index contributed by atoms with van der Waals surface area (Å²) in [5.41, 5.74) is 0.332. The Labute approximate surface area is 216 Å². The summed E-state index contributed by atoms with van der Waals surface area (Å²) in [4.78, 5) is 28.6. The smallest absolute Gasteiger partial charge is 0.425 e. The van der Waals surface area contributed by atoms with E-state index in [0.717, 1.165) is 24.6 Å². The van der Waals surface area contributed by atoms with Crippen molar-refractivity contribution in [2.75, 3.05) is 44.2 Å². The van der Waals surface area contributed by atoms with Crippen molar-refractivity contribution in [2.24, 2.45) is 11.3 Å². The highest BCUT2D eigenvalue weighted by Crippen LogP contribution is 2.43. The molecule has 7 nitrogen and oxygen atoms in total. The summed E-state index contributed by atoms with van der Waals surface area (Å²) in [6.45, 7) is 3.80. The summed E-state index contributed by atoms with van der Waals surface area (Å²) >= 11 is 0. The first-order valence-electron chi connectivity index (χ1n) is 12.6. The molecule has 3 heterocycles. The lowest BCUT2D eigenvalue weighted by Gasteiger charge is -2.54. The van der Waals surface area contributed by atoms with E-state index in [4.69, 9.17) is 0 Å². The lowest BCUT2D eigenvalue weighted by molar-refractivity contribution is -0.200. The fourth-order valence-electron chi connectivity index (χ4n) is 5.56. The number of rotatable bonds is 5. The molecule has 3 aliphatic rings. The van der Waals surface area contributed by atoms with Crippen molar-refractivity contribution in [3.05, 3.63) is 29.3 Å². The molecule has 0 bridgehead atoms. The van der Waals surface area contributed by atoms with E-state index in [-0.39, 0.29) is 18.5 Å². The van der Waals surface area contributed by atoms with Gasteiger partial charge in [0.2, 0.25) is 0 Å². The number of benzene rings is 1. The minimum Gasteiger partial charge on any atom is -0.481 e. The molecule has 0 saturated carbocycles. The molecule has 1 N–H and O–H groups in total. The molecular weight excluding hydrogens is 520 g/mol. The highest BCUT2D eigenvalue weighted by atomic mass is 19.4. The largest absolute Gasteiger partial charge is 0.481 e. The number of nitrogens with zero attached hydrogens (tertiary/aromatic N) is 3. The Balaban J connectivity index is 1.36. The van der Waals surface area contributed by atoms with E-state index < -0.39 is 42.0 Å². The molecule has 0 radical (unpaired) electrons. The first kappa shape index (κ1) is 28.3. The summed E-state index contributed by atoms with van der Waals surface area (Å²) < 4.78 is 82.9. The summed E-state index contributed by atoms with van der Waals surface area (Å²) in [5.74, 6) is -1.40. The molecule has 1 unspecified atom stereocenters. The lowest BCUT2D eigenvalue weighted by atomic mass is 9.72. The summed E-state index contributed by atoms with van der Waals surface area (Å²) in [6, 6.07) is 3.68. The van der Waals surface area contributed by atoms with Crippen LogP contribution >= 0.6 is 0 Å². The van der Waals surface area contributed by atoms with Crippen LogP contribution in [0.2, 0.25) is 0 Å². The van der Waals surface area contributed by atoms with Gasteiger partial charge in [-0.15, -0.1) is 0 Å². The second-order valence-electron chi connectivity index (χ2n) is 10.6. The summed E-state index contributed by atoms with van der Waals surface area (Å²) in [5, 5.41) is 9.25. The van der Waals surface area contributed by atoms with E-state index in [0.29, 0.717) is 64.1 Å². The van der Waals surface area contributed by atoms with Gasteiger partial charge in [-0.25, -0.2) is 4.79 Å². The molecule has 3 saturated heterocycles. The van der Waals surface area contributed by atoms with Crippen LogP contribution in [0.5, 0.6) is 0 Å². The number of carboxylic acid groups (broad SMARTS) is 1. The quantitative estimate of drug-likeness (QED) is 0.520. The monoisotopic (exact) mass is 551 g/mol. The Morgan fingerprint density at radius 1 is 1.05 bits per heavy atom. The predicted molar refractivity (Wildman–Crippen MR) is 125 cm³/mol. The van der Waals surface area contributed by atoms with Crippen LogP contribution in [0, 0.1) is 11.3 Å². The highest BCUT2D eigenvalue weighted by Gasteiger charge is 2.47. The maximum absolute atomic E-state index is 13.4. The number of hydrogen-bond acceptors (Lipinski definition) is 5. The van der Waals surface area contributed by atoms with E-state index in [1.54, 1.807) is 0 Å². The van der Waals surface area contributed by atoms with Gasteiger partial charge in [0.05, 0.1) is 11.5 Å². The van der Waals surface area contributed by atoms with Crippen LogP contribution < -0.4 is 4.90 Å². The molecular formula is C25H31F6N3O4. The number of hydrogen-bond donors (Lipinski definition) is 1. The summed E-state index contributed by atoms with van der Waals surface area (Å²) in [6.07, 6.45) is -10.4. The number of ether oxygens (including phenoxy) is 1. The average Bonchev–Trinajstić information content (AvgIpc) is 2.82. The fraction of sp³-hybridized carbons (Fsp3) is 0.680. The number of alkyl halides is 6. The number of piperidine rings is 2. The number of carboxylic acids is 1. The Morgan fingerprint density at radius 2 is 1.66 bits per heavy atom. The van der Waals surface area contributed by atoms with Crippen molar-refractivity contribution in [1.29, 1.82) is 0 Å². The number of halogens is 6.